The van der Waals surface area contributed by atoms with Crippen molar-refractivity contribution in [2.45, 2.75) is 38.3 Å². The Kier molecular flexibility index (Phi) is 4.62. The lowest BCUT2D eigenvalue weighted by Gasteiger charge is -2.32. The molecular formula is C20H20FN3O4. The molecule has 0 radical (unpaired) electrons. The van der Waals surface area contributed by atoms with E-state index in [-0.39, 0.29) is 42.0 Å². The molecule has 2 N–H and O–H groups in total. The van der Waals surface area contributed by atoms with Crippen LogP contribution >= 0.6 is 0 Å². The first-order chi connectivity index (χ1) is 13.4. The van der Waals surface area contributed by atoms with Gasteiger partial charge in [0.1, 0.15) is 23.8 Å². The van der Waals surface area contributed by atoms with E-state index in [9.17, 15) is 19.1 Å². The lowest BCUT2D eigenvalue weighted by atomic mass is 10.0. The minimum atomic E-state index is -1.11. The predicted molar refractivity (Wildman–Crippen MR) is 99.4 cm³/mol. The normalized spacial score (nSPS) is 18.2. The molecule has 2 amide bonds. The fourth-order valence-electron chi connectivity index (χ4n) is 3.24. The van der Waals surface area contributed by atoms with Gasteiger partial charge in [-0.3, -0.25) is 9.69 Å². The van der Waals surface area contributed by atoms with E-state index in [1.807, 2.05) is 0 Å². The molecule has 0 spiro atoms. The van der Waals surface area contributed by atoms with Crippen LogP contribution < -0.4 is 15.0 Å². The van der Waals surface area contributed by atoms with Gasteiger partial charge in [-0.2, -0.15) is 0 Å². The molecule has 0 bridgehead atoms. The van der Waals surface area contributed by atoms with Crippen LogP contribution in [0.25, 0.3) is 0 Å². The molecule has 1 saturated carbocycles. The number of carbonyl (C=O) groups is 2. The number of ether oxygens (including phenoxy) is 1. The van der Waals surface area contributed by atoms with Crippen LogP contribution in [0.2, 0.25) is 0 Å². The van der Waals surface area contributed by atoms with Crippen molar-refractivity contribution in [3.63, 3.8) is 0 Å². The molecule has 0 unspecified atom stereocenters. The van der Waals surface area contributed by atoms with Gasteiger partial charge >= 0.3 is 6.09 Å². The highest BCUT2D eigenvalue weighted by Crippen LogP contribution is 2.35. The Hall–Kier alpha value is -3.16. The summed E-state index contributed by atoms with van der Waals surface area (Å²) in [6.07, 6.45) is 1.08. The second-order valence-corrected chi connectivity index (χ2v) is 7.18. The van der Waals surface area contributed by atoms with Gasteiger partial charge in [0.05, 0.1) is 6.04 Å². The lowest BCUT2D eigenvalue weighted by Crippen LogP contribution is -2.45. The van der Waals surface area contributed by atoms with Crippen molar-refractivity contribution in [3.05, 3.63) is 53.0 Å². The number of hydrogen-bond acceptors (Lipinski definition) is 4. The van der Waals surface area contributed by atoms with Crippen molar-refractivity contribution in [2.24, 2.45) is 0 Å². The van der Waals surface area contributed by atoms with Crippen LogP contribution in [0.15, 0.2) is 30.3 Å². The summed E-state index contributed by atoms with van der Waals surface area (Å²) in [5.41, 5.74) is 1.86. The van der Waals surface area contributed by atoms with E-state index in [0.717, 1.165) is 18.4 Å². The van der Waals surface area contributed by atoms with Crippen LogP contribution in [0.4, 0.5) is 14.9 Å². The highest BCUT2D eigenvalue weighted by molar-refractivity contribution is 5.96. The molecule has 1 atom stereocenters. The fourth-order valence-corrected chi connectivity index (χ4v) is 3.24. The van der Waals surface area contributed by atoms with E-state index < -0.39 is 6.09 Å². The molecule has 8 heteroatoms. The molecule has 1 aliphatic heterocycles. The largest absolute Gasteiger partial charge is 0.474 e. The number of aromatic nitrogens is 1. The summed E-state index contributed by atoms with van der Waals surface area (Å²) in [5.74, 6) is -0.533. The summed E-state index contributed by atoms with van der Waals surface area (Å²) in [6.45, 7) is 1.90. The van der Waals surface area contributed by atoms with E-state index in [4.69, 9.17) is 4.74 Å². The summed E-state index contributed by atoms with van der Waals surface area (Å²) in [7, 11) is 0. The number of hydrogen-bond donors (Lipinski definition) is 2. The van der Waals surface area contributed by atoms with Crippen LogP contribution in [-0.4, -0.2) is 40.8 Å². The number of pyridine rings is 1. The zero-order valence-corrected chi connectivity index (χ0v) is 15.3. The standard InChI is InChI=1S/C20H20FN3O4/c1-11-10-28-19-16(24(11)20(26)27)9-13(8-12-2-4-14(21)5-3-12)17(23-19)18(25)22-15-6-7-15/h2-5,9,11,15H,6-8,10H2,1H3,(H,22,25)(H,26,27)/t11-/m0/s1. The van der Waals surface area contributed by atoms with Crippen LogP contribution in [0.1, 0.15) is 41.4 Å². The smallest absolute Gasteiger partial charge is 0.412 e. The number of amides is 2. The quantitative estimate of drug-likeness (QED) is 0.844. The first-order valence-corrected chi connectivity index (χ1v) is 9.16. The fraction of sp³-hybridized carbons (Fsp3) is 0.350. The Morgan fingerprint density at radius 1 is 1.32 bits per heavy atom. The van der Waals surface area contributed by atoms with Crippen LogP contribution in [0.3, 0.4) is 0 Å². The molecule has 1 aromatic carbocycles. The van der Waals surface area contributed by atoms with E-state index in [0.29, 0.717) is 17.7 Å². The Balaban J connectivity index is 1.76. The molecule has 28 heavy (non-hydrogen) atoms. The third kappa shape index (κ3) is 3.62. The van der Waals surface area contributed by atoms with E-state index in [2.05, 4.69) is 10.3 Å². The first-order valence-electron chi connectivity index (χ1n) is 9.16. The van der Waals surface area contributed by atoms with Gasteiger partial charge in [0.25, 0.3) is 5.91 Å². The third-order valence-corrected chi connectivity index (χ3v) is 4.85. The van der Waals surface area contributed by atoms with E-state index in [1.54, 1.807) is 25.1 Å². The monoisotopic (exact) mass is 385 g/mol. The Labute approximate surface area is 161 Å². The maximum atomic E-state index is 13.2. The van der Waals surface area contributed by atoms with Crippen LogP contribution in [-0.2, 0) is 6.42 Å². The number of benzene rings is 1. The van der Waals surface area contributed by atoms with E-state index in [1.165, 1.54) is 17.0 Å². The Morgan fingerprint density at radius 2 is 2.04 bits per heavy atom. The van der Waals surface area contributed by atoms with Gasteiger partial charge in [0, 0.05) is 6.04 Å². The molecular weight excluding hydrogens is 365 g/mol. The molecule has 2 heterocycles. The highest BCUT2D eigenvalue weighted by atomic mass is 19.1. The molecule has 2 aliphatic rings. The first kappa shape index (κ1) is 18.2. The van der Waals surface area contributed by atoms with Crippen molar-refractivity contribution in [3.8, 4) is 5.88 Å². The maximum Gasteiger partial charge on any atom is 0.412 e. The van der Waals surface area contributed by atoms with Gasteiger partial charge in [-0.05, 0) is 55.5 Å². The molecule has 1 aliphatic carbocycles. The SMILES string of the molecule is C[C@H]1COc2nc(C(=O)NC3CC3)c(Cc3ccc(F)cc3)cc2N1C(=O)O. The van der Waals surface area contributed by atoms with Gasteiger partial charge in [-0.15, -0.1) is 0 Å². The molecule has 4 rings (SSSR count). The van der Waals surface area contributed by atoms with Crippen LogP contribution in [0, 0.1) is 5.82 Å². The Morgan fingerprint density at radius 3 is 2.68 bits per heavy atom. The number of halogens is 1. The second-order valence-electron chi connectivity index (χ2n) is 7.18. The van der Waals surface area contributed by atoms with Gasteiger partial charge in [-0.1, -0.05) is 12.1 Å². The second kappa shape index (κ2) is 7.10. The summed E-state index contributed by atoms with van der Waals surface area (Å²) in [5, 5.41) is 12.5. The zero-order chi connectivity index (χ0) is 19.8. The highest BCUT2D eigenvalue weighted by Gasteiger charge is 2.33. The van der Waals surface area contributed by atoms with Crippen LogP contribution in [0.5, 0.6) is 5.88 Å². The average molecular weight is 385 g/mol. The zero-order valence-electron chi connectivity index (χ0n) is 15.3. The predicted octanol–water partition coefficient (Wildman–Crippen LogP) is 2.97. The van der Waals surface area contributed by atoms with Gasteiger partial charge in [0.15, 0.2) is 0 Å². The number of carboxylic acid groups (broad SMARTS) is 1. The lowest BCUT2D eigenvalue weighted by molar-refractivity contribution is 0.0943. The number of nitrogens with zero attached hydrogens (tertiary/aromatic N) is 2. The topological polar surface area (TPSA) is 91.8 Å². The van der Waals surface area contributed by atoms with Crippen molar-refractivity contribution >= 4 is 17.7 Å². The molecule has 2 aromatic rings. The number of carbonyl (C=O) groups excluding carboxylic acids is 1. The van der Waals surface area contributed by atoms with Crippen molar-refractivity contribution < 1.29 is 23.8 Å². The van der Waals surface area contributed by atoms with Crippen molar-refractivity contribution in [2.75, 3.05) is 11.5 Å². The Bertz CT molecular complexity index is 928. The van der Waals surface area contributed by atoms with Crippen molar-refractivity contribution in [1.82, 2.24) is 10.3 Å². The van der Waals surface area contributed by atoms with Gasteiger partial charge in [0.2, 0.25) is 5.88 Å². The molecule has 146 valence electrons. The van der Waals surface area contributed by atoms with Gasteiger partial charge in [-0.25, -0.2) is 14.2 Å². The number of rotatable bonds is 4. The summed E-state index contributed by atoms with van der Waals surface area (Å²) < 4.78 is 18.8. The number of nitrogens with one attached hydrogen (secondary N) is 1. The molecule has 0 saturated heterocycles. The summed E-state index contributed by atoms with van der Waals surface area (Å²) in [6, 6.07) is 7.37. The maximum absolute atomic E-state index is 13.2. The molecule has 1 aromatic heterocycles. The average Bonchev–Trinajstić information content (AvgIpc) is 3.46. The number of fused-ring (bicyclic) bond motifs is 1. The molecule has 1 fully saturated rings. The number of anilines is 1. The minimum Gasteiger partial charge on any atom is -0.474 e. The minimum absolute atomic E-state index is 0.129. The van der Waals surface area contributed by atoms with Crippen molar-refractivity contribution in [1.29, 1.82) is 0 Å². The molecule has 7 nitrogen and oxygen atoms in total. The van der Waals surface area contributed by atoms with E-state index >= 15 is 0 Å². The third-order valence-electron chi connectivity index (χ3n) is 4.85. The summed E-state index contributed by atoms with van der Waals surface area (Å²) >= 11 is 0. The van der Waals surface area contributed by atoms with Gasteiger partial charge < -0.3 is 15.2 Å². The summed E-state index contributed by atoms with van der Waals surface area (Å²) in [4.78, 5) is 30.0.